The number of rotatable bonds is 5. The van der Waals surface area contributed by atoms with E-state index in [2.05, 4.69) is 32.9 Å². The molecule has 2 saturated carbocycles. The summed E-state index contributed by atoms with van der Waals surface area (Å²) in [6.07, 6.45) is 1.67. The van der Waals surface area contributed by atoms with E-state index in [0.29, 0.717) is 19.1 Å². The fourth-order valence-electron chi connectivity index (χ4n) is 3.64. The van der Waals surface area contributed by atoms with Gasteiger partial charge in [-0.3, -0.25) is 0 Å². The third-order valence-electron chi connectivity index (χ3n) is 4.72. The summed E-state index contributed by atoms with van der Waals surface area (Å²) in [5.74, 6) is 0.362. The van der Waals surface area contributed by atoms with Gasteiger partial charge in [0.25, 0.3) is 0 Å². The minimum absolute atomic E-state index is 0.0431. The van der Waals surface area contributed by atoms with Gasteiger partial charge in [0.05, 0.1) is 31.0 Å². The molecule has 2 aliphatic carbocycles. The second kappa shape index (κ2) is 5.38. The highest BCUT2D eigenvalue weighted by molar-refractivity contribution is 5.17. The molecule has 21 heavy (non-hydrogen) atoms. The summed E-state index contributed by atoms with van der Waals surface area (Å²) >= 11 is 0. The van der Waals surface area contributed by atoms with Crippen molar-refractivity contribution in [3.63, 3.8) is 0 Å². The van der Waals surface area contributed by atoms with E-state index in [1.807, 2.05) is 18.2 Å². The summed E-state index contributed by atoms with van der Waals surface area (Å²) in [6.45, 7) is 7.55. The van der Waals surface area contributed by atoms with Crippen LogP contribution in [-0.2, 0) is 16.1 Å². The van der Waals surface area contributed by atoms with Crippen LogP contribution >= 0.6 is 0 Å². The Labute approximate surface area is 127 Å². The van der Waals surface area contributed by atoms with Gasteiger partial charge < -0.3 is 14.6 Å². The van der Waals surface area contributed by atoms with Crippen LogP contribution in [0.3, 0.4) is 0 Å². The molecule has 1 unspecified atom stereocenters. The SMILES string of the molecule is CC(C)(C)O[C@H]1C[C@@H](O)C2C[C@]21COCc1ccccc1. The minimum atomic E-state index is -0.224. The fraction of sp³-hybridized carbons (Fsp3) is 0.667. The van der Waals surface area contributed by atoms with Crippen LogP contribution in [0.2, 0.25) is 0 Å². The molecule has 1 aromatic carbocycles. The maximum atomic E-state index is 10.2. The average Bonchev–Trinajstić information content (AvgIpc) is 3.08. The number of benzene rings is 1. The van der Waals surface area contributed by atoms with E-state index in [0.717, 1.165) is 12.8 Å². The van der Waals surface area contributed by atoms with E-state index in [-0.39, 0.29) is 23.2 Å². The minimum Gasteiger partial charge on any atom is -0.393 e. The molecule has 0 amide bonds. The quantitative estimate of drug-likeness (QED) is 0.905. The Bertz CT molecular complexity index is 479. The normalized spacial score (nSPS) is 34.8. The molecule has 3 nitrogen and oxygen atoms in total. The van der Waals surface area contributed by atoms with Crippen LogP contribution < -0.4 is 0 Å². The third kappa shape index (κ3) is 3.15. The first kappa shape index (κ1) is 15.0. The monoisotopic (exact) mass is 290 g/mol. The Morgan fingerprint density at radius 1 is 1.24 bits per heavy atom. The van der Waals surface area contributed by atoms with Crippen molar-refractivity contribution in [1.29, 1.82) is 0 Å². The largest absolute Gasteiger partial charge is 0.393 e. The van der Waals surface area contributed by atoms with Gasteiger partial charge in [0.1, 0.15) is 0 Å². The number of fused-ring (bicyclic) bond motifs is 1. The van der Waals surface area contributed by atoms with Gasteiger partial charge in [-0.2, -0.15) is 0 Å². The molecule has 2 aliphatic rings. The van der Waals surface area contributed by atoms with Crippen LogP contribution in [-0.4, -0.2) is 29.5 Å². The van der Waals surface area contributed by atoms with E-state index in [4.69, 9.17) is 9.47 Å². The average molecular weight is 290 g/mol. The lowest BCUT2D eigenvalue weighted by atomic mass is 10.0. The van der Waals surface area contributed by atoms with Gasteiger partial charge in [0, 0.05) is 11.8 Å². The molecule has 0 aromatic heterocycles. The van der Waals surface area contributed by atoms with Gasteiger partial charge in [-0.1, -0.05) is 30.3 Å². The highest BCUT2D eigenvalue weighted by Gasteiger charge is 2.68. The van der Waals surface area contributed by atoms with E-state index in [1.54, 1.807) is 0 Å². The highest BCUT2D eigenvalue weighted by Crippen LogP contribution is 2.65. The molecule has 3 heteroatoms. The van der Waals surface area contributed by atoms with E-state index >= 15 is 0 Å². The molecule has 116 valence electrons. The second-order valence-corrected chi connectivity index (χ2v) is 7.54. The van der Waals surface area contributed by atoms with Crippen molar-refractivity contribution in [3.8, 4) is 0 Å². The zero-order chi connectivity index (χ0) is 15.1. The lowest BCUT2D eigenvalue weighted by Gasteiger charge is -2.31. The number of aliphatic hydroxyl groups is 1. The molecule has 0 saturated heterocycles. The molecule has 1 N–H and O–H groups in total. The first-order valence-electron chi connectivity index (χ1n) is 7.88. The molecule has 0 radical (unpaired) electrons. The Morgan fingerprint density at radius 3 is 2.57 bits per heavy atom. The van der Waals surface area contributed by atoms with Crippen LogP contribution in [0.1, 0.15) is 39.2 Å². The van der Waals surface area contributed by atoms with E-state index in [9.17, 15) is 5.11 Å². The predicted octanol–water partition coefficient (Wildman–Crippen LogP) is 3.16. The van der Waals surface area contributed by atoms with Gasteiger partial charge in [-0.25, -0.2) is 0 Å². The molecular weight excluding hydrogens is 264 g/mol. The summed E-state index contributed by atoms with van der Waals surface area (Å²) in [4.78, 5) is 0. The molecule has 0 heterocycles. The summed E-state index contributed by atoms with van der Waals surface area (Å²) in [6, 6.07) is 10.2. The van der Waals surface area contributed by atoms with E-state index < -0.39 is 0 Å². The molecule has 0 bridgehead atoms. The number of hydrogen-bond acceptors (Lipinski definition) is 3. The maximum Gasteiger partial charge on any atom is 0.0717 e. The Kier molecular flexibility index (Phi) is 3.85. The van der Waals surface area contributed by atoms with Crippen molar-refractivity contribution in [3.05, 3.63) is 35.9 Å². The molecule has 0 aliphatic heterocycles. The van der Waals surface area contributed by atoms with Crippen molar-refractivity contribution in [2.45, 2.75) is 58.0 Å². The first-order valence-corrected chi connectivity index (χ1v) is 7.88. The lowest BCUT2D eigenvalue weighted by Crippen LogP contribution is -2.35. The Morgan fingerprint density at radius 2 is 1.95 bits per heavy atom. The van der Waals surface area contributed by atoms with Crippen molar-refractivity contribution in [2.24, 2.45) is 11.3 Å². The first-order chi connectivity index (χ1) is 9.91. The summed E-state index contributed by atoms with van der Waals surface area (Å²) in [5, 5.41) is 10.2. The predicted molar refractivity (Wildman–Crippen MR) is 81.9 cm³/mol. The summed E-state index contributed by atoms with van der Waals surface area (Å²) in [7, 11) is 0. The summed E-state index contributed by atoms with van der Waals surface area (Å²) in [5.41, 5.74) is 1.06. The zero-order valence-electron chi connectivity index (χ0n) is 13.2. The van der Waals surface area contributed by atoms with Crippen LogP contribution in [0.5, 0.6) is 0 Å². The van der Waals surface area contributed by atoms with Crippen molar-refractivity contribution < 1.29 is 14.6 Å². The zero-order valence-corrected chi connectivity index (χ0v) is 13.2. The van der Waals surface area contributed by atoms with Crippen LogP contribution in [0, 0.1) is 11.3 Å². The van der Waals surface area contributed by atoms with Crippen LogP contribution in [0.25, 0.3) is 0 Å². The van der Waals surface area contributed by atoms with Crippen molar-refractivity contribution >= 4 is 0 Å². The number of ether oxygens (including phenoxy) is 2. The lowest BCUT2D eigenvalue weighted by molar-refractivity contribution is -0.105. The van der Waals surface area contributed by atoms with Crippen LogP contribution in [0.15, 0.2) is 30.3 Å². The molecule has 1 aromatic rings. The smallest absolute Gasteiger partial charge is 0.0717 e. The fourth-order valence-corrected chi connectivity index (χ4v) is 3.64. The second-order valence-electron chi connectivity index (χ2n) is 7.54. The van der Waals surface area contributed by atoms with Gasteiger partial charge in [0.2, 0.25) is 0 Å². The number of aliphatic hydroxyl groups excluding tert-OH is 1. The molecule has 2 fully saturated rings. The van der Waals surface area contributed by atoms with E-state index in [1.165, 1.54) is 5.56 Å². The highest BCUT2D eigenvalue weighted by atomic mass is 16.5. The molecule has 0 spiro atoms. The van der Waals surface area contributed by atoms with Crippen molar-refractivity contribution in [1.82, 2.24) is 0 Å². The molecular formula is C18H26O3. The van der Waals surface area contributed by atoms with Crippen LogP contribution in [0.4, 0.5) is 0 Å². The van der Waals surface area contributed by atoms with Gasteiger partial charge in [-0.05, 0) is 38.7 Å². The summed E-state index contributed by atoms with van der Waals surface area (Å²) < 4.78 is 12.1. The Balaban J connectivity index is 1.58. The van der Waals surface area contributed by atoms with Gasteiger partial charge in [-0.15, -0.1) is 0 Å². The molecule has 4 atom stereocenters. The topological polar surface area (TPSA) is 38.7 Å². The van der Waals surface area contributed by atoms with Gasteiger partial charge in [0.15, 0.2) is 0 Å². The van der Waals surface area contributed by atoms with Gasteiger partial charge >= 0.3 is 0 Å². The third-order valence-corrected chi connectivity index (χ3v) is 4.72. The number of hydrogen-bond donors (Lipinski definition) is 1. The maximum absolute atomic E-state index is 10.2. The Hall–Kier alpha value is -0.900. The molecule has 3 rings (SSSR count). The standard InChI is InChI=1S/C18H26O3/c1-17(2,3)21-16-9-15(19)14-10-18(14,16)12-20-11-13-7-5-4-6-8-13/h4-8,14-16,19H,9-12H2,1-3H3/t14?,15-,16+,18+/m1/s1. The van der Waals surface area contributed by atoms with Crippen molar-refractivity contribution in [2.75, 3.05) is 6.61 Å².